The zero-order chi connectivity index (χ0) is 103. The first kappa shape index (κ1) is 122. The fourth-order valence-corrected chi connectivity index (χ4v) is 21.5. The van der Waals surface area contributed by atoms with Crippen molar-refractivity contribution in [2.45, 2.75) is 222 Å². The number of carbonyl (C=O) groups is 5. The molecule has 5 fully saturated rings. The molecule has 0 amide bonds. The molecule has 0 heterocycles. The van der Waals surface area contributed by atoms with Crippen LogP contribution in [0.3, 0.4) is 0 Å². The smallest absolute Gasteiger partial charge is 0.793 e. The fraction of sp³-hybridized carbons (Fsp3) is 0.366. The number of hydrogen-bond donors (Lipinski definition) is 11. The van der Waals surface area contributed by atoms with Crippen molar-refractivity contribution in [2.75, 3.05) is 21.1 Å². The number of rotatable bonds is 21. The van der Waals surface area contributed by atoms with Crippen molar-refractivity contribution < 1.29 is 160 Å². The Kier molecular flexibility index (Phi) is 52.1. The second-order valence-electron chi connectivity index (χ2n) is 32.1. The average molecular weight is 2190 g/mol. The average Bonchev–Trinajstić information content (AvgIpc) is 0.831. The number of nitrogens with one attached hydrogen (secondary N) is 7. The van der Waals surface area contributed by atoms with Crippen molar-refractivity contribution in [1.29, 1.82) is 0 Å². The molecule has 3 radical (unpaired) electrons. The molecule has 5 aliphatic rings. The number of Topliss-reactive ketones (excluding diaryl/α,β-unsaturated/α-hetero) is 2. The van der Waals surface area contributed by atoms with Crippen LogP contribution in [0.25, 0.3) is 33.4 Å². The summed E-state index contributed by atoms with van der Waals surface area (Å²) in [5.74, 6) is -7.12. The van der Waals surface area contributed by atoms with E-state index in [-0.39, 0.29) is 124 Å². The molecular formula is C93H110B2Br2F8N8NaO21S5. The first-order valence-electron chi connectivity index (χ1n) is 43.5. The standard InChI is InChI=1S/2C19H22F2N2O2S.C18H17F2NO3S.C12H16BrNO3S.C12H14BrNO3S.C6H5BF2O2.C4H6O4.C2H3BO2.CH5N.Na/c2*1-22-15-5-7-16(8-6-15)23-26(24,25)17-9-2-13(3-10-17)18-11-4-14(20)12-19(18)21;19-13-3-10-17(18(20)11-13)12-1-8-16(9-2-12)25(23,24)21-14-4-6-15(22)7-5-14;2*13-9-1-7-12(8-2-9)18(16,17)14-10-3-5-11(15)6-4-10;8-4-1-2-5(7(10)11)6(9)3-4;1-3(5)7-8-4(2)6;1-2(4)5-3;1-2;/h2*2-4,9-12,15-16,22-23H,5-8H2,1H3;1-3,8-11,14,21H,4-7H2;1-2,7-8,10-11,14-15H,3-6H2;1-2,7-8,10,14H,3-6H2;1-3,10-11H;1-2H3;1H3;2H2,1H3;/q;;;;;;;-1;;+1. The van der Waals surface area contributed by atoms with Crippen molar-refractivity contribution in [3.05, 3.63) is 250 Å². The molecule has 0 aromatic heterocycles. The van der Waals surface area contributed by atoms with Gasteiger partial charge in [0.05, 0.1) is 30.6 Å². The number of halogens is 10. The Morgan fingerprint density at radius 3 is 0.779 bits per heavy atom. The summed E-state index contributed by atoms with van der Waals surface area (Å²) < 4.78 is 248. The van der Waals surface area contributed by atoms with Crippen molar-refractivity contribution in [3.63, 3.8) is 0 Å². The third-order valence-electron chi connectivity index (χ3n) is 21.8. The van der Waals surface area contributed by atoms with E-state index in [9.17, 15) is 106 Å². The molecule has 0 saturated heterocycles. The zero-order valence-electron chi connectivity index (χ0n) is 77.5. The van der Waals surface area contributed by atoms with Gasteiger partial charge in [-0.3, -0.25) is 14.4 Å². The van der Waals surface area contributed by atoms with E-state index < -0.39 is 122 Å². The van der Waals surface area contributed by atoms with Crippen LogP contribution in [0.4, 0.5) is 35.1 Å². The molecule has 140 heavy (non-hydrogen) atoms. The van der Waals surface area contributed by atoms with E-state index in [1.54, 1.807) is 48.5 Å². The van der Waals surface area contributed by atoms with Crippen LogP contribution >= 0.6 is 31.9 Å². The first-order chi connectivity index (χ1) is 65.6. The Morgan fingerprint density at radius 1 is 0.350 bits per heavy atom. The molecule has 5 aliphatic carbocycles. The Hall–Kier alpha value is -8.43. The summed E-state index contributed by atoms with van der Waals surface area (Å²) in [5.41, 5.74) is 6.28. The van der Waals surface area contributed by atoms with Crippen LogP contribution in [-0.4, -0.2) is 171 Å². The van der Waals surface area contributed by atoms with Gasteiger partial charge in [0.1, 0.15) is 58.1 Å². The number of benzene rings is 9. The normalized spacial score (nSPS) is 17.7. The first-order valence-corrected chi connectivity index (χ1v) is 52.6. The van der Waals surface area contributed by atoms with Crippen LogP contribution in [0, 0.1) is 46.5 Å². The van der Waals surface area contributed by atoms with E-state index in [4.69, 9.17) is 10.0 Å². The summed E-state index contributed by atoms with van der Waals surface area (Å²) in [7, 11) is -10.1. The number of aliphatic hydroxyl groups is 1. The molecule has 755 valence electrons. The van der Waals surface area contributed by atoms with Gasteiger partial charge in [0.2, 0.25) is 56.1 Å². The van der Waals surface area contributed by atoms with Crippen molar-refractivity contribution in [1.82, 2.24) is 34.2 Å². The maximum atomic E-state index is 13.9. The molecule has 9 aromatic carbocycles. The summed E-state index contributed by atoms with van der Waals surface area (Å²) in [6, 6.07) is 43.4. The summed E-state index contributed by atoms with van der Waals surface area (Å²) >= 11 is 6.54. The molecule has 47 heteroatoms. The van der Waals surface area contributed by atoms with Crippen LogP contribution in [0.1, 0.15) is 149 Å². The van der Waals surface area contributed by atoms with E-state index in [1.165, 1.54) is 117 Å². The number of aliphatic hydroxyl groups excluding tert-OH is 1. The topological polar surface area (TPSA) is 455 Å². The zero-order valence-corrected chi connectivity index (χ0v) is 86.7. The molecule has 0 atom stereocenters. The summed E-state index contributed by atoms with van der Waals surface area (Å²) in [5, 5.41) is 32.8. The minimum absolute atomic E-state index is 0. The van der Waals surface area contributed by atoms with Crippen LogP contribution in [0.15, 0.2) is 228 Å². The number of nitrogens with two attached hydrogens (primary N) is 1. The van der Waals surface area contributed by atoms with Gasteiger partial charge in [-0.05, 0) is 268 Å². The molecule has 14 rings (SSSR count). The van der Waals surface area contributed by atoms with Crippen LogP contribution in [0.2, 0.25) is 0 Å². The van der Waals surface area contributed by atoms with Gasteiger partial charge in [0.25, 0.3) is 0 Å². The minimum atomic E-state index is -3.71. The van der Waals surface area contributed by atoms with Gasteiger partial charge in [-0.2, -0.15) is 0 Å². The van der Waals surface area contributed by atoms with Gasteiger partial charge in [-0.15, -0.1) is 0 Å². The van der Waals surface area contributed by atoms with E-state index in [0.717, 1.165) is 111 Å². The van der Waals surface area contributed by atoms with Crippen LogP contribution in [0.5, 0.6) is 0 Å². The number of hydrogen-bond acceptors (Lipinski definition) is 24. The van der Waals surface area contributed by atoms with Crippen LogP contribution in [-0.2, 0) is 88.5 Å². The second-order valence-corrected chi connectivity index (χ2v) is 42.5. The Bertz CT molecular complexity index is 5950. The number of ketones is 2. The van der Waals surface area contributed by atoms with E-state index >= 15 is 0 Å². The SMILES string of the molecule is CC(=O)OOC(C)=O.CN.CNC1CCC(NS(=O)(=O)c2ccc(-c3ccc(F)cc3F)cc2)CC1.CNC1CCC(NS(=O)(=O)c2ccc(-c3ccc(F)cc3F)cc2)CC1.O=C1CCC(NS(=O)(=O)c2ccc(-c3ccc(F)cc3F)cc2)CC1.O=C1CCC(NS(=O)(=O)c2ccc(Br)cc2)CC1.O=S(=O)(NC1CCC(O)CC1)c1ccc(Br)cc1.OB(O)c1ccc(F)cc1F.[B-]OC(C)=O.[Na+]. The third kappa shape index (κ3) is 42.1. The van der Waals surface area contributed by atoms with E-state index in [1.807, 2.05) is 14.1 Å². The quantitative estimate of drug-likeness (QED) is 0.0138. The van der Waals surface area contributed by atoms with Crippen molar-refractivity contribution in [2.24, 2.45) is 5.73 Å². The predicted molar refractivity (Wildman–Crippen MR) is 516 cm³/mol. The molecular weight excluding hydrogens is 2080 g/mol. The fourth-order valence-electron chi connectivity index (χ4n) is 14.4. The molecule has 12 N–H and O–H groups in total. The molecule has 5 saturated carbocycles. The van der Waals surface area contributed by atoms with Gasteiger partial charge in [-0.25, -0.2) is 120 Å². The molecule has 9 aromatic rings. The molecule has 0 bridgehead atoms. The Morgan fingerprint density at radius 2 is 0.564 bits per heavy atom. The van der Waals surface area contributed by atoms with Crippen LogP contribution < -0.4 is 75.0 Å². The monoisotopic (exact) mass is 2190 g/mol. The molecule has 0 spiro atoms. The third-order valence-corrected chi connectivity index (χ3v) is 30.6. The maximum absolute atomic E-state index is 13.9. The van der Waals surface area contributed by atoms with E-state index in [0.29, 0.717) is 112 Å². The molecule has 0 unspecified atom stereocenters. The summed E-state index contributed by atoms with van der Waals surface area (Å²) in [6.07, 6.45) is 13.2. The Balaban J connectivity index is 0.000000291. The minimum Gasteiger partial charge on any atom is -0.793 e. The summed E-state index contributed by atoms with van der Waals surface area (Å²) in [4.78, 5) is 60.0. The maximum Gasteiger partial charge on any atom is 1.00 e. The van der Waals surface area contributed by atoms with Gasteiger partial charge in [0, 0.05) is 144 Å². The van der Waals surface area contributed by atoms with E-state index in [2.05, 4.69) is 94.3 Å². The molecule has 0 aliphatic heterocycles. The van der Waals surface area contributed by atoms with Gasteiger partial charge in [-0.1, -0.05) is 74.3 Å². The number of sulfonamides is 5. The van der Waals surface area contributed by atoms with Gasteiger partial charge in [0.15, 0.2) is 0 Å². The van der Waals surface area contributed by atoms with Crippen molar-refractivity contribution >= 4 is 132 Å². The summed E-state index contributed by atoms with van der Waals surface area (Å²) in [6.45, 7) is 3.52. The molecule has 29 nitrogen and oxygen atoms in total. The van der Waals surface area contributed by atoms with Gasteiger partial charge >= 0.3 is 48.6 Å². The van der Waals surface area contributed by atoms with Gasteiger partial charge < -0.3 is 44.2 Å². The Labute approximate surface area is 851 Å². The predicted octanol–water partition coefficient (Wildman–Crippen LogP) is 10.5. The largest absolute Gasteiger partial charge is 1.00 e. The second kappa shape index (κ2) is 59.7. The van der Waals surface area contributed by atoms with Crippen molar-refractivity contribution in [3.8, 4) is 33.4 Å². The number of carbonyl (C=O) groups excluding carboxylic acids is 5.